The van der Waals surface area contributed by atoms with Gasteiger partial charge in [0.2, 0.25) is 5.91 Å². The third kappa shape index (κ3) is 4.56. The summed E-state index contributed by atoms with van der Waals surface area (Å²) in [6.07, 6.45) is 3.13. The predicted molar refractivity (Wildman–Crippen MR) is 115 cm³/mol. The van der Waals surface area contributed by atoms with Crippen LogP contribution in [0.25, 0.3) is 17.4 Å². The van der Waals surface area contributed by atoms with E-state index in [9.17, 15) is 4.79 Å². The van der Waals surface area contributed by atoms with Crippen LogP contribution >= 0.6 is 34.2 Å². The summed E-state index contributed by atoms with van der Waals surface area (Å²) in [4.78, 5) is 12.2. The standard InChI is InChI=1S/C21H17ClINO2/c1-13-12-19(14(2)11-18(13)23)24-21(25)10-8-17-7-9-20(26-17)15-3-5-16(22)6-4-15/h3-12H,1-2H3,(H,24,25). The summed E-state index contributed by atoms with van der Waals surface area (Å²) < 4.78 is 6.94. The molecule has 0 atom stereocenters. The fourth-order valence-corrected chi connectivity index (χ4v) is 3.21. The van der Waals surface area contributed by atoms with Gasteiger partial charge in [0.15, 0.2) is 0 Å². The summed E-state index contributed by atoms with van der Waals surface area (Å²) in [5.74, 6) is 1.14. The summed E-state index contributed by atoms with van der Waals surface area (Å²) in [7, 11) is 0. The van der Waals surface area contributed by atoms with Crippen molar-refractivity contribution < 1.29 is 9.21 Å². The second kappa shape index (κ2) is 8.10. The molecule has 1 N–H and O–H groups in total. The number of anilines is 1. The largest absolute Gasteiger partial charge is 0.457 e. The van der Waals surface area contributed by atoms with E-state index in [0.717, 1.165) is 28.1 Å². The molecule has 0 fully saturated rings. The van der Waals surface area contributed by atoms with Crippen molar-refractivity contribution >= 4 is 51.9 Å². The summed E-state index contributed by atoms with van der Waals surface area (Å²) in [6, 6.07) is 15.1. The number of nitrogens with one attached hydrogen (secondary N) is 1. The topological polar surface area (TPSA) is 42.2 Å². The molecular formula is C21H17ClINO2. The average Bonchev–Trinajstić information content (AvgIpc) is 3.07. The van der Waals surface area contributed by atoms with Crippen molar-refractivity contribution in [3.8, 4) is 11.3 Å². The van der Waals surface area contributed by atoms with E-state index in [-0.39, 0.29) is 5.91 Å². The predicted octanol–water partition coefficient (Wildman–Crippen LogP) is 6.47. The highest BCUT2D eigenvalue weighted by molar-refractivity contribution is 14.1. The van der Waals surface area contributed by atoms with Gasteiger partial charge < -0.3 is 9.73 Å². The number of furan rings is 1. The molecule has 26 heavy (non-hydrogen) atoms. The Morgan fingerprint density at radius 2 is 1.81 bits per heavy atom. The number of halogens is 2. The van der Waals surface area contributed by atoms with E-state index in [1.165, 1.54) is 9.65 Å². The van der Waals surface area contributed by atoms with Crippen LogP contribution < -0.4 is 5.32 Å². The fourth-order valence-electron chi connectivity index (χ4n) is 2.46. The number of carbonyl (C=O) groups is 1. The molecule has 0 unspecified atom stereocenters. The van der Waals surface area contributed by atoms with Gasteiger partial charge in [0.1, 0.15) is 11.5 Å². The molecule has 3 nitrogen and oxygen atoms in total. The summed E-state index contributed by atoms with van der Waals surface area (Å²) >= 11 is 8.19. The zero-order valence-corrected chi connectivity index (χ0v) is 17.3. The molecule has 0 saturated carbocycles. The number of carbonyl (C=O) groups excluding carboxylic acids is 1. The Balaban J connectivity index is 1.69. The summed E-state index contributed by atoms with van der Waals surface area (Å²) in [5, 5.41) is 3.59. The first-order valence-corrected chi connectivity index (χ1v) is 9.49. The van der Waals surface area contributed by atoms with Gasteiger partial charge >= 0.3 is 0 Å². The van der Waals surface area contributed by atoms with Crippen LogP contribution in [0, 0.1) is 17.4 Å². The molecule has 0 saturated heterocycles. The lowest BCUT2D eigenvalue weighted by Crippen LogP contribution is -2.09. The van der Waals surface area contributed by atoms with Gasteiger partial charge in [-0.25, -0.2) is 0 Å². The van der Waals surface area contributed by atoms with Crippen molar-refractivity contribution in [2.45, 2.75) is 13.8 Å². The summed E-state index contributed by atoms with van der Waals surface area (Å²) in [5.41, 5.74) is 3.92. The van der Waals surface area contributed by atoms with Crippen LogP contribution in [0.2, 0.25) is 5.02 Å². The highest BCUT2D eigenvalue weighted by atomic mass is 127. The van der Waals surface area contributed by atoms with Crippen LogP contribution in [-0.4, -0.2) is 5.91 Å². The average molecular weight is 478 g/mol. The second-order valence-corrected chi connectivity index (χ2v) is 7.55. The fraction of sp³-hybridized carbons (Fsp3) is 0.0952. The first-order chi connectivity index (χ1) is 12.4. The van der Waals surface area contributed by atoms with Gasteiger partial charge in [-0.2, -0.15) is 0 Å². The minimum atomic E-state index is -0.196. The van der Waals surface area contributed by atoms with E-state index in [1.807, 2.05) is 56.3 Å². The van der Waals surface area contributed by atoms with Crippen molar-refractivity contribution in [3.63, 3.8) is 0 Å². The first kappa shape index (κ1) is 18.7. The van der Waals surface area contributed by atoms with E-state index in [4.69, 9.17) is 16.0 Å². The molecule has 5 heteroatoms. The van der Waals surface area contributed by atoms with Crippen LogP contribution in [0.5, 0.6) is 0 Å². The SMILES string of the molecule is Cc1cc(NC(=O)C=Cc2ccc(-c3ccc(Cl)cc3)o2)c(C)cc1I. The number of rotatable bonds is 4. The molecular weight excluding hydrogens is 461 g/mol. The normalized spacial score (nSPS) is 11.1. The third-order valence-electron chi connectivity index (χ3n) is 3.92. The zero-order chi connectivity index (χ0) is 18.7. The highest BCUT2D eigenvalue weighted by Gasteiger charge is 2.06. The number of aryl methyl sites for hydroxylation is 2. The smallest absolute Gasteiger partial charge is 0.248 e. The molecule has 0 aliphatic rings. The van der Waals surface area contributed by atoms with Crippen LogP contribution in [0.1, 0.15) is 16.9 Å². The van der Waals surface area contributed by atoms with Crippen LogP contribution in [0.3, 0.4) is 0 Å². The molecule has 0 spiro atoms. The quantitative estimate of drug-likeness (QED) is 0.345. The minimum Gasteiger partial charge on any atom is -0.457 e. The third-order valence-corrected chi connectivity index (χ3v) is 5.33. The van der Waals surface area contributed by atoms with E-state index in [1.54, 1.807) is 6.08 Å². The van der Waals surface area contributed by atoms with Gasteiger partial charge in [0.05, 0.1) is 0 Å². The van der Waals surface area contributed by atoms with E-state index in [0.29, 0.717) is 10.8 Å². The second-order valence-electron chi connectivity index (χ2n) is 5.95. The van der Waals surface area contributed by atoms with E-state index >= 15 is 0 Å². The van der Waals surface area contributed by atoms with Gasteiger partial charge in [-0.05, 0) is 102 Å². The molecule has 1 amide bonds. The van der Waals surface area contributed by atoms with Gasteiger partial charge in [-0.3, -0.25) is 4.79 Å². The molecule has 2 aromatic carbocycles. The Kier molecular flexibility index (Phi) is 5.84. The zero-order valence-electron chi connectivity index (χ0n) is 14.3. The Morgan fingerprint density at radius 1 is 1.08 bits per heavy atom. The first-order valence-electron chi connectivity index (χ1n) is 8.04. The van der Waals surface area contributed by atoms with E-state index < -0.39 is 0 Å². The Morgan fingerprint density at radius 3 is 2.54 bits per heavy atom. The maximum atomic E-state index is 12.2. The van der Waals surface area contributed by atoms with Gasteiger partial charge in [0.25, 0.3) is 0 Å². The Hall–Kier alpha value is -2.05. The molecule has 132 valence electrons. The number of hydrogen-bond acceptors (Lipinski definition) is 2. The Labute approximate surface area is 171 Å². The molecule has 0 radical (unpaired) electrons. The lowest BCUT2D eigenvalue weighted by molar-refractivity contribution is -0.111. The van der Waals surface area contributed by atoms with Gasteiger partial charge in [-0.15, -0.1) is 0 Å². The lowest BCUT2D eigenvalue weighted by atomic mass is 10.1. The number of benzene rings is 2. The van der Waals surface area contributed by atoms with Gasteiger partial charge in [0, 0.05) is 25.9 Å². The molecule has 1 heterocycles. The van der Waals surface area contributed by atoms with Crippen molar-refractivity contribution in [1.29, 1.82) is 0 Å². The van der Waals surface area contributed by atoms with Crippen molar-refractivity contribution in [2.75, 3.05) is 5.32 Å². The molecule has 0 aliphatic carbocycles. The Bertz CT molecular complexity index is 974. The number of hydrogen-bond donors (Lipinski definition) is 1. The number of amides is 1. The highest BCUT2D eigenvalue weighted by Crippen LogP contribution is 2.25. The van der Waals surface area contributed by atoms with E-state index in [2.05, 4.69) is 34.0 Å². The van der Waals surface area contributed by atoms with Crippen molar-refractivity contribution in [2.24, 2.45) is 0 Å². The van der Waals surface area contributed by atoms with Crippen LogP contribution in [0.15, 0.2) is 59.0 Å². The van der Waals surface area contributed by atoms with Crippen LogP contribution in [-0.2, 0) is 4.79 Å². The molecule has 0 aliphatic heterocycles. The van der Waals surface area contributed by atoms with Gasteiger partial charge in [-0.1, -0.05) is 11.6 Å². The molecule has 3 rings (SSSR count). The van der Waals surface area contributed by atoms with Crippen molar-refractivity contribution in [3.05, 3.63) is 80.1 Å². The molecule has 0 bridgehead atoms. The maximum absolute atomic E-state index is 12.2. The molecule has 3 aromatic rings. The maximum Gasteiger partial charge on any atom is 0.248 e. The molecule has 1 aromatic heterocycles. The van der Waals surface area contributed by atoms with Crippen molar-refractivity contribution in [1.82, 2.24) is 0 Å². The monoisotopic (exact) mass is 477 g/mol. The summed E-state index contributed by atoms with van der Waals surface area (Å²) in [6.45, 7) is 4.00. The van der Waals surface area contributed by atoms with Crippen LogP contribution in [0.4, 0.5) is 5.69 Å². The lowest BCUT2D eigenvalue weighted by Gasteiger charge is -2.09. The minimum absolute atomic E-state index is 0.196.